The van der Waals surface area contributed by atoms with Gasteiger partial charge in [0.1, 0.15) is 10.8 Å². The molecule has 2 nitrogen and oxygen atoms in total. The second-order valence-electron chi connectivity index (χ2n) is 3.91. The molecule has 0 aliphatic carbocycles. The zero-order valence-corrected chi connectivity index (χ0v) is 10.3. The summed E-state index contributed by atoms with van der Waals surface area (Å²) in [7, 11) is 0. The van der Waals surface area contributed by atoms with E-state index in [-0.39, 0.29) is 5.82 Å². The van der Waals surface area contributed by atoms with E-state index in [0.29, 0.717) is 6.04 Å². The Kier molecular flexibility index (Phi) is 3.51. The molecule has 0 amide bonds. The number of fused-ring (bicyclic) bond motifs is 1. The van der Waals surface area contributed by atoms with Gasteiger partial charge in [0.15, 0.2) is 0 Å². The summed E-state index contributed by atoms with van der Waals surface area (Å²) in [4.78, 5) is 4.40. The van der Waals surface area contributed by atoms with Gasteiger partial charge in [0.2, 0.25) is 0 Å². The van der Waals surface area contributed by atoms with Gasteiger partial charge in [-0.2, -0.15) is 0 Å². The van der Waals surface area contributed by atoms with Gasteiger partial charge in [0.05, 0.1) is 10.2 Å². The van der Waals surface area contributed by atoms with Crippen LogP contribution in [0.15, 0.2) is 18.2 Å². The molecule has 1 N–H and O–H groups in total. The first kappa shape index (κ1) is 11.5. The minimum absolute atomic E-state index is 0.223. The van der Waals surface area contributed by atoms with Crippen molar-refractivity contribution < 1.29 is 4.39 Å². The third-order valence-electron chi connectivity index (χ3n) is 2.61. The summed E-state index contributed by atoms with van der Waals surface area (Å²) in [6.45, 7) is 5.05. The Morgan fingerprint density at radius 2 is 2.31 bits per heavy atom. The lowest BCUT2D eigenvalue weighted by atomic mass is 10.3. The predicted molar refractivity (Wildman–Crippen MR) is 66.2 cm³/mol. The van der Waals surface area contributed by atoms with Crippen molar-refractivity contribution in [3.8, 4) is 0 Å². The number of rotatable bonds is 4. The molecule has 86 valence electrons. The van der Waals surface area contributed by atoms with Crippen molar-refractivity contribution in [3.63, 3.8) is 0 Å². The number of hydrogen-bond donors (Lipinski definition) is 1. The lowest BCUT2D eigenvalue weighted by Gasteiger charge is -2.08. The fourth-order valence-corrected chi connectivity index (χ4v) is 2.33. The average molecular weight is 238 g/mol. The van der Waals surface area contributed by atoms with Crippen LogP contribution < -0.4 is 5.32 Å². The van der Waals surface area contributed by atoms with E-state index in [1.165, 1.54) is 12.1 Å². The van der Waals surface area contributed by atoms with Gasteiger partial charge < -0.3 is 5.32 Å². The fraction of sp³-hybridized carbons (Fsp3) is 0.417. The topological polar surface area (TPSA) is 24.9 Å². The normalized spacial score (nSPS) is 13.2. The molecule has 16 heavy (non-hydrogen) atoms. The molecule has 1 heterocycles. The Morgan fingerprint density at radius 3 is 3.06 bits per heavy atom. The molecule has 0 bridgehead atoms. The van der Waals surface area contributed by atoms with E-state index < -0.39 is 0 Å². The second-order valence-corrected chi connectivity index (χ2v) is 5.03. The van der Waals surface area contributed by atoms with Crippen LogP contribution in [0.2, 0.25) is 0 Å². The standard InChI is InChI=1S/C12H15FN2S/c1-3-8(2)14-7-12-15-10-6-9(13)4-5-11(10)16-12/h4-6,8,14H,3,7H2,1-2H3. The number of benzene rings is 1. The molecule has 4 heteroatoms. The molecule has 1 atom stereocenters. The van der Waals surface area contributed by atoms with E-state index in [9.17, 15) is 4.39 Å². The molecule has 0 saturated heterocycles. The highest BCUT2D eigenvalue weighted by atomic mass is 32.1. The summed E-state index contributed by atoms with van der Waals surface area (Å²) >= 11 is 1.62. The molecule has 2 rings (SSSR count). The summed E-state index contributed by atoms with van der Waals surface area (Å²) in [6.07, 6.45) is 1.10. The molecule has 0 aliphatic rings. The second kappa shape index (κ2) is 4.89. The van der Waals surface area contributed by atoms with Gasteiger partial charge in [-0.15, -0.1) is 11.3 Å². The molecule has 2 aromatic rings. The molecule has 0 spiro atoms. The van der Waals surface area contributed by atoms with Crippen molar-refractivity contribution in [3.05, 3.63) is 29.0 Å². The third kappa shape index (κ3) is 2.57. The minimum atomic E-state index is -0.223. The lowest BCUT2D eigenvalue weighted by molar-refractivity contribution is 0.533. The average Bonchev–Trinajstić information content (AvgIpc) is 2.67. The van der Waals surface area contributed by atoms with Crippen LogP contribution in [0, 0.1) is 5.82 Å². The Balaban J connectivity index is 2.13. The predicted octanol–water partition coefficient (Wildman–Crippen LogP) is 3.32. The Morgan fingerprint density at radius 1 is 1.50 bits per heavy atom. The van der Waals surface area contributed by atoms with Gasteiger partial charge >= 0.3 is 0 Å². The smallest absolute Gasteiger partial charge is 0.125 e. The zero-order valence-electron chi connectivity index (χ0n) is 9.46. The molecule has 0 radical (unpaired) electrons. The summed E-state index contributed by atoms with van der Waals surface area (Å²) in [5.74, 6) is -0.223. The van der Waals surface area contributed by atoms with Gasteiger partial charge in [0, 0.05) is 18.7 Å². The zero-order chi connectivity index (χ0) is 11.5. The van der Waals surface area contributed by atoms with Gasteiger partial charge in [-0.05, 0) is 25.5 Å². The van der Waals surface area contributed by atoms with E-state index in [2.05, 4.69) is 24.1 Å². The van der Waals surface area contributed by atoms with Crippen LogP contribution in [0.4, 0.5) is 4.39 Å². The maximum atomic E-state index is 13.0. The lowest BCUT2D eigenvalue weighted by Crippen LogP contribution is -2.24. The maximum absolute atomic E-state index is 13.0. The molecule has 1 aromatic carbocycles. The van der Waals surface area contributed by atoms with Crippen LogP contribution in [-0.2, 0) is 6.54 Å². The van der Waals surface area contributed by atoms with Crippen LogP contribution in [0.3, 0.4) is 0 Å². The van der Waals surface area contributed by atoms with Crippen molar-refractivity contribution in [2.75, 3.05) is 0 Å². The quantitative estimate of drug-likeness (QED) is 0.883. The van der Waals surface area contributed by atoms with Crippen LogP contribution >= 0.6 is 11.3 Å². The summed E-state index contributed by atoms with van der Waals surface area (Å²) < 4.78 is 14.0. The highest BCUT2D eigenvalue weighted by Gasteiger charge is 2.05. The van der Waals surface area contributed by atoms with Gasteiger partial charge in [-0.3, -0.25) is 0 Å². The highest BCUT2D eigenvalue weighted by molar-refractivity contribution is 7.18. The van der Waals surface area contributed by atoms with Crippen LogP contribution in [0.5, 0.6) is 0 Å². The van der Waals surface area contributed by atoms with E-state index in [1.807, 2.05) is 0 Å². The molecule has 1 aromatic heterocycles. The maximum Gasteiger partial charge on any atom is 0.125 e. The number of aromatic nitrogens is 1. The van der Waals surface area contributed by atoms with Crippen molar-refractivity contribution in [1.29, 1.82) is 0 Å². The van der Waals surface area contributed by atoms with E-state index >= 15 is 0 Å². The van der Waals surface area contributed by atoms with Crippen LogP contribution in [-0.4, -0.2) is 11.0 Å². The summed E-state index contributed by atoms with van der Waals surface area (Å²) in [5, 5.41) is 4.39. The van der Waals surface area contributed by atoms with Gasteiger partial charge in [0.25, 0.3) is 0 Å². The molecule has 0 saturated carbocycles. The van der Waals surface area contributed by atoms with Gasteiger partial charge in [-0.25, -0.2) is 9.37 Å². The van der Waals surface area contributed by atoms with Crippen LogP contribution in [0.1, 0.15) is 25.3 Å². The third-order valence-corrected chi connectivity index (χ3v) is 3.64. The molecular formula is C12H15FN2S. The summed E-state index contributed by atoms with van der Waals surface area (Å²) in [6, 6.07) is 5.24. The van der Waals surface area contributed by atoms with E-state index in [4.69, 9.17) is 0 Å². The Hall–Kier alpha value is -1.00. The molecular weight excluding hydrogens is 223 g/mol. The van der Waals surface area contributed by atoms with Crippen molar-refractivity contribution in [1.82, 2.24) is 10.3 Å². The van der Waals surface area contributed by atoms with Crippen molar-refractivity contribution >= 4 is 21.6 Å². The summed E-state index contributed by atoms with van der Waals surface area (Å²) in [5.41, 5.74) is 0.756. The fourth-order valence-electron chi connectivity index (χ4n) is 1.43. The number of nitrogens with zero attached hydrogens (tertiary/aromatic N) is 1. The highest BCUT2D eigenvalue weighted by Crippen LogP contribution is 2.22. The SMILES string of the molecule is CCC(C)NCc1nc2cc(F)ccc2s1. The number of thiazole rings is 1. The molecule has 0 aliphatic heterocycles. The molecule has 0 fully saturated rings. The monoisotopic (exact) mass is 238 g/mol. The first-order valence-corrected chi connectivity index (χ1v) is 6.29. The first-order valence-electron chi connectivity index (χ1n) is 5.47. The Labute approximate surface area is 98.5 Å². The molecule has 1 unspecified atom stereocenters. The van der Waals surface area contributed by atoms with Crippen molar-refractivity contribution in [2.45, 2.75) is 32.9 Å². The number of nitrogens with one attached hydrogen (secondary N) is 1. The number of hydrogen-bond acceptors (Lipinski definition) is 3. The Bertz CT molecular complexity index is 481. The van der Waals surface area contributed by atoms with E-state index in [0.717, 1.165) is 28.2 Å². The van der Waals surface area contributed by atoms with E-state index in [1.54, 1.807) is 17.4 Å². The number of halogens is 1. The minimum Gasteiger partial charge on any atom is -0.308 e. The van der Waals surface area contributed by atoms with Gasteiger partial charge in [-0.1, -0.05) is 6.92 Å². The largest absolute Gasteiger partial charge is 0.308 e. The van der Waals surface area contributed by atoms with Crippen LogP contribution in [0.25, 0.3) is 10.2 Å². The van der Waals surface area contributed by atoms with Crippen molar-refractivity contribution in [2.24, 2.45) is 0 Å². The first-order chi connectivity index (χ1) is 7.69.